The van der Waals surface area contributed by atoms with E-state index in [4.69, 9.17) is 18.0 Å². The topological polar surface area (TPSA) is 55.1 Å². The standard InChI is InChI=1S/C17H24N2OS/c1-11(2)14-6-4-13(5-7-14)10-19-16(20)17(15(18)21)8-12(3)9-17/h4-7,11-12H,8-10H2,1-3H3,(H2,18,21)(H,19,20). The summed E-state index contributed by atoms with van der Waals surface area (Å²) < 4.78 is 0. The van der Waals surface area contributed by atoms with Crippen LogP contribution in [0.15, 0.2) is 24.3 Å². The van der Waals surface area contributed by atoms with E-state index >= 15 is 0 Å². The Morgan fingerprint density at radius 1 is 1.38 bits per heavy atom. The van der Waals surface area contributed by atoms with Gasteiger partial charge in [-0.3, -0.25) is 4.79 Å². The predicted octanol–water partition coefficient (Wildman–Crippen LogP) is 3.13. The summed E-state index contributed by atoms with van der Waals surface area (Å²) >= 11 is 5.10. The van der Waals surface area contributed by atoms with Crippen LogP contribution in [-0.4, -0.2) is 10.9 Å². The van der Waals surface area contributed by atoms with Crippen LogP contribution in [0.2, 0.25) is 0 Å². The summed E-state index contributed by atoms with van der Waals surface area (Å²) in [6, 6.07) is 8.35. The summed E-state index contributed by atoms with van der Waals surface area (Å²) in [5.74, 6) is 1.01. The van der Waals surface area contributed by atoms with Crippen LogP contribution in [0.25, 0.3) is 0 Å². The fourth-order valence-electron chi connectivity index (χ4n) is 3.00. The molecule has 1 aliphatic rings. The van der Waals surface area contributed by atoms with Gasteiger partial charge in [0.15, 0.2) is 0 Å². The maximum Gasteiger partial charge on any atom is 0.233 e. The molecule has 114 valence electrons. The molecule has 0 heterocycles. The SMILES string of the molecule is CC1CC(C(=O)NCc2ccc(C(C)C)cc2)(C(N)=S)C1. The lowest BCUT2D eigenvalue weighted by Gasteiger charge is -2.44. The molecule has 2 rings (SSSR count). The molecule has 3 nitrogen and oxygen atoms in total. The van der Waals surface area contributed by atoms with Gasteiger partial charge in [0.1, 0.15) is 0 Å². The average Bonchev–Trinajstić information content (AvgIpc) is 2.41. The van der Waals surface area contributed by atoms with E-state index in [1.807, 2.05) is 0 Å². The second kappa shape index (κ2) is 6.14. The van der Waals surface area contributed by atoms with Crippen LogP contribution >= 0.6 is 12.2 Å². The zero-order valence-corrected chi connectivity index (χ0v) is 13.8. The highest BCUT2D eigenvalue weighted by Gasteiger charge is 2.50. The number of nitrogens with two attached hydrogens (primary N) is 1. The largest absolute Gasteiger partial charge is 0.392 e. The number of carbonyl (C=O) groups excluding carboxylic acids is 1. The smallest absolute Gasteiger partial charge is 0.233 e. The van der Waals surface area contributed by atoms with Crippen LogP contribution in [0.3, 0.4) is 0 Å². The number of rotatable bonds is 5. The van der Waals surface area contributed by atoms with Gasteiger partial charge in [-0.25, -0.2) is 0 Å². The van der Waals surface area contributed by atoms with E-state index in [2.05, 4.69) is 50.4 Å². The molecule has 0 saturated heterocycles. The normalized spacial score (nSPS) is 24.5. The second-order valence-electron chi connectivity index (χ2n) is 6.54. The Bertz CT molecular complexity index is 530. The van der Waals surface area contributed by atoms with Crippen molar-refractivity contribution in [3.05, 3.63) is 35.4 Å². The molecule has 0 aliphatic heterocycles. The van der Waals surface area contributed by atoms with Crippen LogP contribution in [0.5, 0.6) is 0 Å². The molecule has 0 atom stereocenters. The molecule has 1 aromatic rings. The van der Waals surface area contributed by atoms with E-state index < -0.39 is 5.41 Å². The minimum atomic E-state index is -0.618. The van der Waals surface area contributed by atoms with Gasteiger partial charge < -0.3 is 11.1 Å². The molecule has 1 aliphatic carbocycles. The summed E-state index contributed by atoms with van der Waals surface area (Å²) in [7, 11) is 0. The summed E-state index contributed by atoms with van der Waals surface area (Å²) in [5, 5.41) is 2.99. The fraction of sp³-hybridized carbons (Fsp3) is 0.529. The lowest BCUT2D eigenvalue weighted by Crippen LogP contribution is -2.55. The van der Waals surface area contributed by atoms with Crippen molar-refractivity contribution in [2.45, 2.75) is 46.1 Å². The number of amides is 1. The number of thiocarbonyl (C=S) groups is 1. The van der Waals surface area contributed by atoms with Gasteiger partial charge >= 0.3 is 0 Å². The molecule has 3 N–H and O–H groups in total. The Balaban J connectivity index is 1.96. The molecule has 0 bridgehead atoms. The quantitative estimate of drug-likeness (QED) is 0.822. The molecule has 4 heteroatoms. The monoisotopic (exact) mass is 304 g/mol. The van der Waals surface area contributed by atoms with Gasteiger partial charge in [0.2, 0.25) is 5.91 Å². The maximum atomic E-state index is 12.4. The molecular formula is C17H24N2OS. The van der Waals surface area contributed by atoms with Gasteiger partial charge in [0.25, 0.3) is 0 Å². The Morgan fingerprint density at radius 3 is 2.38 bits per heavy atom. The van der Waals surface area contributed by atoms with Crippen molar-refractivity contribution in [1.29, 1.82) is 0 Å². The molecule has 1 saturated carbocycles. The first-order valence-electron chi connectivity index (χ1n) is 7.52. The zero-order valence-electron chi connectivity index (χ0n) is 13.0. The summed E-state index contributed by atoms with van der Waals surface area (Å²) in [6.07, 6.45) is 1.53. The molecule has 0 aromatic heterocycles. The maximum absolute atomic E-state index is 12.4. The second-order valence-corrected chi connectivity index (χ2v) is 6.98. The van der Waals surface area contributed by atoms with E-state index in [-0.39, 0.29) is 5.91 Å². The number of nitrogens with one attached hydrogen (secondary N) is 1. The number of hydrogen-bond donors (Lipinski definition) is 2. The van der Waals surface area contributed by atoms with E-state index in [0.29, 0.717) is 23.4 Å². The van der Waals surface area contributed by atoms with Crippen molar-refractivity contribution >= 4 is 23.1 Å². The first kappa shape index (κ1) is 16.0. The summed E-state index contributed by atoms with van der Waals surface area (Å²) in [4.78, 5) is 12.7. The van der Waals surface area contributed by atoms with Gasteiger partial charge in [-0.1, -0.05) is 57.3 Å². The zero-order chi connectivity index (χ0) is 15.6. The minimum Gasteiger partial charge on any atom is -0.392 e. The average molecular weight is 304 g/mol. The van der Waals surface area contributed by atoms with Crippen LogP contribution < -0.4 is 11.1 Å². The molecule has 1 fully saturated rings. The highest BCUT2D eigenvalue weighted by atomic mass is 32.1. The number of hydrogen-bond acceptors (Lipinski definition) is 2. The lowest BCUT2D eigenvalue weighted by molar-refractivity contribution is -0.133. The van der Waals surface area contributed by atoms with E-state index in [1.54, 1.807) is 0 Å². The third-order valence-electron chi connectivity index (χ3n) is 4.40. The molecule has 21 heavy (non-hydrogen) atoms. The number of carbonyl (C=O) groups is 1. The summed E-state index contributed by atoms with van der Waals surface area (Å²) in [6.45, 7) is 6.98. The number of benzene rings is 1. The first-order valence-corrected chi connectivity index (χ1v) is 7.93. The molecular weight excluding hydrogens is 280 g/mol. The van der Waals surface area contributed by atoms with Crippen LogP contribution in [0, 0.1) is 11.3 Å². The Labute approximate surface area is 132 Å². The van der Waals surface area contributed by atoms with Crippen LogP contribution in [0.1, 0.15) is 50.7 Å². The minimum absolute atomic E-state index is 0.0268. The van der Waals surface area contributed by atoms with Gasteiger partial charge in [0.05, 0.1) is 10.4 Å². The molecule has 0 unspecified atom stereocenters. The third-order valence-corrected chi connectivity index (χ3v) is 4.79. The van der Waals surface area contributed by atoms with Crippen molar-refractivity contribution in [1.82, 2.24) is 5.32 Å². The van der Waals surface area contributed by atoms with Crippen molar-refractivity contribution in [2.75, 3.05) is 0 Å². The van der Waals surface area contributed by atoms with Gasteiger partial charge in [-0.2, -0.15) is 0 Å². The molecule has 0 spiro atoms. The fourth-order valence-corrected chi connectivity index (χ4v) is 3.26. The van der Waals surface area contributed by atoms with E-state index in [0.717, 1.165) is 18.4 Å². The van der Waals surface area contributed by atoms with E-state index in [9.17, 15) is 4.79 Å². The molecule has 1 aromatic carbocycles. The Morgan fingerprint density at radius 2 is 1.95 bits per heavy atom. The Hall–Kier alpha value is -1.42. The first-order chi connectivity index (χ1) is 9.85. The molecule has 0 radical (unpaired) electrons. The molecule has 1 amide bonds. The van der Waals surface area contributed by atoms with Gasteiger partial charge in [0, 0.05) is 6.54 Å². The van der Waals surface area contributed by atoms with Crippen LogP contribution in [0.4, 0.5) is 0 Å². The van der Waals surface area contributed by atoms with Crippen molar-refractivity contribution in [3.63, 3.8) is 0 Å². The third kappa shape index (κ3) is 3.26. The van der Waals surface area contributed by atoms with Gasteiger partial charge in [-0.15, -0.1) is 0 Å². The van der Waals surface area contributed by atoms with Crippen LogP contribution in [-0.2, 0) is 11.3 Å². The van der Waals surface area contributed by atoms with Gasteiger partial charge in [-0.05, 0) is 35.8 Å². The van der Waals surface area contributed by atoms with Crippen molar-refractivity contribution in [2.24, 2.45) is 17.1 Å². The lowest BCUT2D eigenvalue weighted by atomic mass is 9.62. The summed E-state index contributed by atoms with van der Waals surface area (Å²) in [5.41, 5.74) is 7.57. The van der Waals surface area contributed by atoms with Crippen molar-refractivity contribution < 1.29 is 4.79 Å². The highest BCUT2D eigenvalue weighted by Crippen LogP contribution is 2.46. The van der Waals surface area contributed by atoms with E-state index in [1.165, 1.54) is 5.56 Å². The Kier molecular flexibility index (Phi) is 4.67. The predicted molar refractivity (Wildman–Crippen MR) is 90.0 cm³/mol. The van der Waals surface area contributed by atoms with Crippen molar-refractivity contribution in [3.8, 4) is 0 Å². The highest BCUT2D eigenvalue weighted by molar-refractivity contribution is 7.80.